The molecule has 1 N–H and O–H groups in total. The number of ether oxygens (including phenoxy) is 1. The van der Waals surface area contributed by atoms with Gasteiger partial charge in [0.2, 0.25) is 0 Å². The van der Waals surface area contributed by atoms with Gasteiger partial charge in [0.25, 0.3) is 0 Å². The predicted octanol–water partition coefficient (Wildman–Crippen LogP) is 2.06. The average molecular weight is 210 g/mol. The molecule has 14 heavy (non-hydrogen) atoms. The van der Waals surface area contributed by atoms with Gasteiger partial charge in [0.05, 0.1) is 13.2 Å². The minimum atomic E-state index is 0.121. The Morgan fingerprint density at radius 1 is 1.50 bits per heavy atom. The summed E-state index contributed by atoms with van der Waals surface area (Å²) in [5.41, 5.74) is 0.980. The number of thioether (sulfide) groups is 1. The van der Waals surface area contributed by atoms with Gasteiger partial charge in [-0.2, -0.15) is 0 Å². The number of benzene rings is 1. The molecule has 0 saturated carbocycles. The zero-order chi connectivity index (χ0) is 9.80. The monoisotopic (exact) mass is 210 g/mol. The summed E-state index contributed by atoms with van der Waals surface area (Å²) in [6.07, 6.45) is 1.13. The molecule has 1 aliphatic rings. The summed E-state index contributed by atoms with van der Waals surface area (Å²) < 4.78 is 5.32. The fourth-order valence-electron chi connectivity index (χ4n) is 1.52. The molecule has 0 bridgehead atoms. The Labute approximate surface area is 88.3 Å². The van der Waals surface area contributed by atoms with E-state index >= 15 is 0 Å². The molecule has 1 fully saturated rings. The van der Waals surface area contributed by atoms with Gasteiger partial charge in [-0.15, -0.1) is 11.8 Å². The molecule has 1 aromatic rings. The second-order valence-electron chi connectivity index (χ2n) is 3.41. The Hall–Kier alpha value is -0.510. The van der Waals surface area contributed by atoms with E-state index in [1.807, 2.05) is 30.0 Å². The van der Waals surface area contributed by atoms with E-state index in [1.54, 1.807) is 0 Å². The third kappa shape index (κ3) is 2.50. The van der Waals surface area contributed by atoms with Crippen molar-refractivity contribution in [3.63, 3.8) is 0 Å². The lowest BCUT2D eigenvalue weighted by Gasteiger charge is -2.07. The maximum absolute atomic E-state index is 8.99. The molecule has 2 nitrogen and oxygen atoms in total. The first-order valence-electron chi connectivity index (χ1n) is 4.82. The molecule has 0 radical (unpaired) electrons. The van der Waals surface area contributed by atoms with Crippen molar-refractivity contribution >= 4 is 11.8 Å². The topological polar surface area (TPSA) is 29.5 Å². The summed E-state index contributed by atoms with van der Waals surface area (Å²) in [4.78, 5) is 1.23. The smallest absolute Gasteiger partial charge is 0.0682 e. The van der Waals surface area contributed by atoms with E-state index in [-0.39, 0.29) is 6.61 Å². The maximum Gasteiger partial charge on any atom is 0.0682 e. The van der Waals surface area contributed by atoms with Crippen LogP contribution in [0.3, 0.4) is 0 Å². The average Bonchev–Trinajstić information content (AvgIpc) is 2.71. The highest BCUT2D eigenvalue weighted by Gasteiger charge is 2.16. The van der Waals surface area contributed by atoms with Gasteiger partial charge in [-0.1, -0.05) is 12.1 Å². The van der Waals surface area contributed by atoms with E-state index < -0.39 is 0 Å². The normalized spacial score (nSPS) is 21.4. The molecule has 1 saturated heterocycles. The Balaban J connectivity index is 2.00. The van der Waals surface area contributed by atoms with Crippen molar-refractivity contribution in [1.29, 1.82) is 0 Å². The number of hydrogen-bond donors (Lipinski definition) is 1. The molecule has 1 aromatic carbocycles. The molecule has 0 aromatic heterocycles. The molecular formula is C11H14O2S. The Morgan fingerprint density at radius 3 is 3.14 bits per heavy atom. The predicted molar refractivity (Wildman–Crippen MR) is 57.4 cm³/mol. The molecule has 0 spiro atoms. The quantitative estimate of drug-likeness (QED) is 0.828. The van der Waals surface area contributed by atoms with Crippen LogP contribution in [0.1, 0.15) is 12.0 Å². The first-order chi connectivity index (χ1) is 6.88. The number of aliphatic hydroxyl groups excluding tert-OH is 1. The summed E-state index contributed by atoms with van der Waals surface area (Å²) in [6, 6.07) is 8.06. The van der Waals surface area contributed by atoms with Crippen LogP contribution in [0.4, 0.5) is 0 Å². The molecule has 0 aliphatic carbocycles. The fraction of sp³-hybridized carbons (Fsp3) is 0.455. The van der Waals surface area contributed by atoms with Crippen molar-refractivity contribution in [1.82, 2.24) is 0 Å². The first kappa shape index (κ1) is 10.0. The van der Waals surface area contributed by atoms with Crippen LogP contribution in [0.5, 0.6) is 0 Å². The van der Waals surface area contributed by atoms with Crippen LogP contribution < -0.4 is 0 Å². The first-order valence-corrected chi connectivity index (χ1v) is 5.70. The third-order valence-corrected chi connectivity index (χ3v) is 3.50. The van der Waals surface area contributed by atoms with E-state index in [2.05, 4.69) is 6.07 Å². The molecule has 0 amide bonds. The van der Waals surface area contributed by atoms with Crippen molar-refractivity contribution in [2.45, 2.75) is 23.2 Å². The van der Waals surface area contributed by atoms with Crippen LogP contribution in [0, 0.1) is 0 Å². The summed E-state index contributed by atoms with van der Waals surface area (Å²) in [6.45, 7) is 1.86. The van der Waals surface area contributed by atoms with Crippen molar-refractivity contribution in [3.05, 3.63) is 29.8 Å². The van der Waals surface area contributed by atoms with Gasteiger partial charge in [0.1, 0.15) is 0 Å². The zero-order valence-corrected chi connectivity index (χ0v) is 8.80. The minimum Gasteiger partial charge on any atom is -0.392 e. The molecule has 76 valence electrons. The van der Waals surface area contributed by atoms with Crippen molar-refractivity contribution in [2.75, 3.05) is 13.2 Å². The van der Waals surface area contributed by atoms with E-state index in [4.69, 9.17) is 9.84 Å². The van der Waals surface area contributed by atoms with Crippen LogP contribution in [0.15, 0.2) is 29.2 Å². The number of rotatable bonds is 3. The van der Waals surface area contributed by atoms with Gasteiger partial charge in [-0.25, -0.2) is 0 Å². The molecule has 3 heteroatoms. The summed E-state index contributed by atoms with van der Waals surface area (Å²) in [7, 11) is 0. The lowest BCUT2D eigenvalue weighted by molar-refractivity contribution is 0.199. The number of hydrogen-bond acceptors (Lipinski definition) is 3. The Morgan fingerprint density at radius 2 is 2.43 bits per heavy atom. The van der Waals surface area contributed by atoms with Gasteiger partial charge in [0, 0.05) is 16.8 Å². The van der Waals surface area contributed by atoms with Crippen LogP contribution in [0.2, 0.25) is 0 Å². The second kappa shape index (κ2) is 4.82. The lowest BCUT2D eigenvalue weighted by atomic mass is 10.2. The molecule has 1 aliphatic heterocycles. The van der Waals surface area contributed by atoms with E-state index in [1.165, 1.54) is 4.90 Å². The molecule has 1 atom stereocenters. The lowest BCUT2D eigenvalue weighted by Crippen LogP contribution is -1.99. The van der Waals surface area contributed by atoms with Crippen molar-refractivity contribution in [2.24, 2.45) is 0 Å². The highest BCUT2D eigenvalue weighted by Crippen LogP contribution is 2.28. The third-order valence-electron chi connectivity index (χ3n) is 2.27. The zero-order valence-electron chi connectivity index (χ0n) is 7.98. The summed E-state index contributed by atoms with van der Waals surface area (Å²) in [5, 5.41) is 9.58. The van der Waals surface area contributed by atoms with Crippen LogP contribution in [-0.4, -0.2) is 23.6 Å². The maximum atomic E-state index is 8.99. The van der Waals surface area contributed by atoms with Crippen molar-refractivity contribution < 1.29 is 9.84 Å². The fourth-order valence-corrected chi connectivity index (χ4v) is 2.66. The van der Waals surface area contributed by atoms with Gasteiger partial charge in [0.15, 0.2) is 0 Å². The number of aliphatic hydroxyl groups is 1. The van der Waals surface area contributed by atoms with Crippen LogP contribution in [0.25, 0.3) is 0 Å². The molecule has 1 heterocycles. The van der Waals surface area contributed by atoms with Gasteiger partial charge >= 0.3 is 0 Å². The van der Waals surface area contributed by atoms with Crippen molar-refractivity contribution in [3.8, 4) is 0 Å². The van der Waals surface area contributed by atoms with Crippen LogP contribution >= 0.6 is 11.8 Å². The molecular weight excluding hydrogens is 196 g/mol. The molecule has 2 rings (SSSR count). The minimum absolute atomic E-state index is 0.121. The van der Waals surface area contributed by atoms with E-state index in [0.717, 1.165) is 25.2 Å². The van der Waals surface area contributed by atoms with Gasteiger partial charge in [-0.3, -0.25) is 0 Å². The second-order valence-corrected chi connectivity index (χ2v) is 4.78. The summed E-state index contributed by atoms with van der Waals surface area (Å²) in [5.74, 6) is 0. The largest absolute Gasteiger partial charge is 0.392 e. The standard InChI is InChI=1S/C11H14O2S/c12-7-9-2-1-3-10(6-9)14-11-4-5-13-8-11/h1-3,6,11-12H,4-5,7-8H2. The highest BCUT2D eigenvalue weighted by molar-refractivity contribution is 8.00. The van der Waals surface area contributed by atoms with E-state index in [0.29, 0.717) is 5.25 Å². The van der Waals surface area contributed by atoms with E-state index in [9.17, 15) is 0 Å². The van der Waals surface area contributed by atoms with Crippen LogP contribution in [-0.2, 0) is 11.3 Å². The van der Waals surface area contributed by atoms with Gasteiger partial charge < -0.3 is 9.84 Å². The Kier molecular flexibility index (Phi) is 3.45. The highest BCUT2D eigenvalue weighted by atomic mass is 32.2. The summed E-state index contributed by atoms with van der Waals surface area (Å²) >= 11 is 1.84. The molecule has 1 unspecified atom stereocenters. The Bertz CT molecular complexity index is 295. The van der Waals surface area contributed by atoms with Gasteiger partial charge in [-0.05, 0) is 24.1 Å². The SMILES string of the molecule is OCc1cccc(SC2CCOC2)c1.